The van der Waals surface area contributed by atoms with E-state index in [0.29, 0.717) is 30.2 Å². The number of nitrogens with one attached hydrogen (secondary N) is 2. The maximum atomic E-state index is 12.9. The molecule has 1 heterocycles. The Hall–Kier alpha value is -2.91. The highest BCUT2D eigenvalue weighted by Gasteiger charge is 2.24. The van der Waals surface area contributed by atoms with Crippen molar-refractivity contribution in [1.82, 2.24) is 20.3 Å². The molecule has 0 saturated heterocycles. The molecule has 1 aromatic heterocycles. The molecule has 9 nitrogen and oxygen atoms in total. The number of unbranched alkanes of at least 4 members (excludes halogenated alkanes) is 1. The summed E-state index contributed by atoms with van der Waals surface area (Å²) in [5.41, 5.74) is 3.30. The molecule has 10 heteroatoms. The highest BCUT2D eigenvalue weighted by atomic mass is 35.5. The highest BCUT2D eigenvalue weighted by molar-refractivity contribution is 6.30. The summed E-state index contributed by atoms with van der Waals surface area (Å²) < 4.78 is 1.95. The van der Waals surface area contributed by atoms with Crippen LogP contribution in [0.4, 0.5) is 0 Å². The third-order valence-electron chi connectivity index (χ3n) is 5.51. The van der Waals surface area contributed by atoms with Crippen molar-refractivity contribution in [3.8, 4) is 0 Å². The van der Waals surface area contributed by atoms with Gasteiger partial charge in [0.05, 0.1) is 17.8 Å². The van der Waals surface area contributed by atoms with Crippen LogP contribution < -0.4 is 10.8 Å². The first-order valence-electron chi connectivity index (χ1n) is 11.4. The molecule has 0 radical (unpaired) electrons. The van der Waals surface area contributed by atoms with E-state index in [1.807, 2.05) is 18.4 Å². The van der Waals surface area contributed by atoms with Crippen LogP contribution in [0.2, 0.25) is 5.15 Å². The number of hydrogen-bond acceptors (Lipinski definition) is 5. The quantitative estimate of drug-likeness (QED) is 0.248. The van der Waals surface area contributed by atoms with Gasteiger partial charge in [-0.05, 0) is 36.5 Å². The summed E-state index contributed by atoms with van der Waals surface area (Å²) in [4.78, 5) is 40.2. The minimum absolute atomic E-state index is 0.120. The molecular weight excluding hydrogens is 460 g/mol. The van der Waals surface area contributed by atoms with Crippen molar-refractivity contribution in [2.24, 2.45) is 11.8 Å². The first kappa shape index (κ1) is 27.3. The lowest BCUT2D eigenvalue weighted by atomic mass is 9.93. The fourth-order valence-corrected chi connectivity index (χ4v) is 4.02. The maximum Gasteiger partial charge on any atom is 0.335 e. The third kappa shape index (κ3) is 7.85. The van der Waals surface area contributed by atoms with E-state index in [0.717, 1.165) is 24.2 Å². The molecule has 186 valence electrons. The van der Waals surface area contributed by atoms with E-state index in [2.05, 4.69) is 17.2 Å². The molecule has 1 atom stereocenters. The summed E-state index contributed by atoms with van der Waals surface area (Å²) in [5.74, 6) is -1.53. The normalized spacial score (nSPS) is 11.9. The number of hydroxylamine groups is 1. The van der Waals surface area contributed by atoms with E-state index in [-0.39, 0.29) is 30.4 Å². The molecule has 0 bridgehead atoms. The number of aromatic nitrogens is 2. The number of halogens is 1. The zero-order valence-electron chi connectivity index (χ0n) is 19.8. The Kier molecular flexibility index (Phi) is 10.5. The molecule has 0 aliphatic heterocycles. The second kappa shape index (κ2) is 13.1. The van der Waals surface area contributed by atoms with Gasteiger partial charge >= 0.3 is 5.97 Å². The fraction of sp³-hybridized carbons (Fsp3) is 0.500. The lowest BCUT2D eigenvalue weighted by molar-refractivity contribution is -0.135. The number of rotatable bonds is 13. The average Bonchev–Trinajstić information content (AvgIpc) is 3.09. The molecular formula is C24H33ClN4O5. The van der Waals surface area contributed by atoms with Crippen LogP contribution in [0.25, 0.3) is 0 Å². The van der Waals surface area contributed by atoms with E-state index in [9.17, 15) is 14.4 Å². The minimum Gasteiger partial charge on any atom is -0.478 e. The number of benzene rings is 1. The van der Waals surface area contributed by atoms with Crippen molar-refractivity contribution < 1.29 is 24.7 Å². The van der Waals surface area contributed by atoms with Crippen molar-refractivity contribution in [2.45, 2.75) is 66.0 Å². The van der Waals surface area contributed by atoms with Crippen LogP contribution in [-0.2, 0) is 29.1 Å². The molecule has 0 spiro atoms. The lowest BCUT2D eigenvalue weighted by Gasteiger charge is -2.19. The number of nitrogens with zero attached hydrogens (tertiary/aromatic N) is 2. The number of carboxylic acid groups (broad SMARTS) is 1. The van der Waals surface area contributed by atoms with Gasteiger partial charge in [-0.3, -0.25) is 14.8 Å². The summed E-state index contributed by atoms with van der Waals surface area (Å²) in [5, 5.41) is 21.1. The molecule has 4 N–H and O–H groups in total. The standard InChI is InChI=1S/C24H33ClN4O5/c1-4-5-6-20-27-22(25)19(29(20)14-16-7-9-17(10-8-16)24(32)33)13-26-23(31)18(11-15(2)3)12-21(30)28-34/h7-10,15,18,34H,4-6,11-14H2,1-3H3,(H,26,31)(H,28,30)(H,32,33). The van der Waals surface area contributed by atoms with Gasteiger partial charge in [-0.1, -0.05) is 50.9 Å². The van der Waals surface area contributed by atoms with E-state index in [4.69, 9.17) is 21.9 Å². The molecule has 0 aliphatic rings. The van der Waals surface area contributed by atoms with Crippen LogP contribution >= 0.6 is 11.6 Å². The van der Waals surface area contributed by atoms with Crippen LogP contribution in [-0.4, -0.2) is 37.6 Å². The van der Waals surface area contributed by atoms with Gasteiger partial charge < -0.3 is 15.0 Å². The van der Waals surface area contributed by atoms with Gasteiger partial charge in [-0.2, -0.15) is 0 Å². The first-order chi connectivity index (χ1) is 16.2. The zero-order chi connectivity index (χ0) is 25.3. The van der Waals surface area contributed by atoms with Gasteiger partial charge in [0.1, 0.15) is 5.82 Å². The summed E-state index contributed by atoms with van der Waals surface area (Å²) in [6.45, 7) is 6.54. The maximum absolute atomic E-state index is 12.9. The summed E-state index contributed by atoms with van der Waals surface area (Å²) in [6, 6.07) is 6.59. The smallest absolute Gasteiger partial charge is 0.335 e. The van der Waals surface area contributed by atoms with Gasteiger partial charge in [-0.15, -0.1) is 0 Å². The number of amides is 2. The van der Waals surface area contributed by atoms with Crippen molar-refractivity contribution >= 4 is 29.4 Å². The second-order valence-corrected chi connectivity index (χ2v) is 9.10. The number of carbonyl (C=O) groups excluding carboxylic acids is 2. The van der Waals surface area contributed by atoms with Gasteiger partial charge in [0.2, 0.25) is 11.8 Å². The number of carbonyl (C=O) groups is 3. The van der Waals surface area contributed by atoms with E-state index in [1.54, 1.807) is 29.7 Å². The Morgan fingerprint density at radius 3 is 2.41 bits per heavy atom. The largest absolute Gasteiger partial charge is 0.478 e. The van der Waals surface area contributed by atoms with E-state index < -0.39 is 17.8 Å². The number of imidazole rings is 1. The predicted octanol–water partition coefficient (Wildman–Crippen LogP) is 3.80. The molecule has 1 aromatic carbocycles. The van der Waals surface area contributed by atoms with Crippen LogP contribution in [0.1, 0.15) is 73.9 Å². The van der Waals surface area contributed by atoms with E-state index in [1.165, 1.54) is 0 Å². The van der Waals surface area contributed by atoms with Crippen LogP contribution in [0.5, 0.6) is 0 Å². The lowest BCUT2D eigenvalue weighted by Crippen LogP contribution is -2.35. The predicted molar refractivity (Wildman–Crippen MR) is 128 cm³/mol. The van der Waals surface area contributed by atoms with Crippen molar-refractivity contribution in [3.05, 3.63) is 52.1 Å². The first-order valence-corrected chi connectivity index (χ1v) is 11.8. The molecule has 0 saturated carbocycles. The van der Waals surface area contributed by atoms with Crippen LogP contribution in [0, 0.1) is 11.8 Å². The Morgan fingerprint density at radius 1 is 1.18 bits per heavy atom. The Bertz CT molecular complexity index is 988. The number of aromatic carboxylic acids is 1. The summed E-state index contributed by atoms with van der Waals surface area (Å²) >= 11 is 6.46. The topological polar surface area (TPSA) is 134 Å². The van der Waals surface area contributed by atoms with Crippen molar-refractivity contribution in [1.29, 1.82) is 0 Å². The van der Waals surface area contributed by atoms with Crippen LogP contribution in [0.15, 0.2) is 24.3 Å². The fourth-order valence-electron chi connectivity index (χ4n) is 3.76. The zero-order valence-corrected chi connectivity index (χ0v) is 20.6. The molecule has 0 fully saturated rings. The Balaban J connectivity index is 2.25. The van der Waals surface area contributed by atoms with Crippen molar-refractivity contribution in [2.75, 3.05) is 0 Å². The second-order valence-electron chi connectivity index (χ2n) is 8.74. The van der Waals surface area contributed by atoms with Gasteiger partial charge in [-0.25, -0.2) is 15.3 Å². The van der Waals surface area contributed by atoms with Gasteiger partial charge in [0.15, 0.2) is 5.15 Å². The number of aryl methyl sites for hydroxylation is 1. The van der Waals surface area contributed by atoms with Crippen LogP contribution in [0.3, 0.4) is 0 Å². The Morgan fingerprint density at radius 2 is 1.85 bits per heavy atom. The summed E-state index contributed by atoms with van der Waals surface area (Å²) in [6.07, 6.45) is 2.98. The average molecular weight is 493 g/mol. The number of hydrogen-bond donors (Lipinski definition) is 4. The monoisotopic (exact) mass is 492 g/mol. The molecule has 2 aromatic rings. The van der Waals surface area contributed by atoms with Crippen molar-refractivity contribution in [3.63, 3.8) is 0 Å². The van der Waals surface area contributed by atoms with E-state index >= 15 is 0 Å². The summed E-state index contributed by atoms with van der Waals surface area (Å²) in [7, 11) is 0. The Labute approximate surface area is 204 Å². The molecule has 34 heavy (non-hydrogen) atoms. The molecule has 2 rings (SSSR count). The SMILES string of the molecule is CCCCc1nc(Cl)c(CNC(=O)C(CC(=O)NO)CC(C)C)n1Cc1ccc(C(=O)O)cc1. The third-order valence-corrected chi connectivity index (χ3v) is 5.81. The minimum atomic E-state index is -0.991. The van der Waals surface area contributed by atoms with Gasteiger partial charge in [0, 0.05) is 25.3 Å². The van der Waals surface area contributed by atoms with Gasteiger partial charge in [0.25, 0.3) is 0 Å². The molecule has 1 unspecified atom stereocenters. The highest BCUT2D eigenvalue weighted by Crippen LogP contribution is 2.22. The molecule has 2 amide bonds. The molecule has 0 aliphatic carbocycles. The number of carboxylic acids is 1.